The average molecular weight is 475 g/mol. The average Bonchev–Trinajstić information content (AvgIpc) is 3.27. The zero-order valence-electron chi connectivity index (χ0n) is 19.3. The van der Waals surface area contributed by atoms with Crippen molar-refractivity contribution in [2.45, 2.75) is 19.0 Å². The van der Waals surface area contributed by atoms with E-state index in [0.717, 1.165) is 34.0 Å². The van der Waals surface area contributed by atoms with Crippen LogP contribution in [0, 0.1) is 6.92 Å². The molecule has 0 saturated carbocycles. The SMILES string of the molecule is CCOc1ccc(-n2c(SCC(=O)Nc3cccc(C)c3)nnc2-c2ccc(OC)cc2)cc1. The van der Waals surface area contributed by atoms with Gasteiger partial charge in [-0.05, 0) is 80.1 Å². The van der Waals surface area contributed by atoms with Crippen LogP contribution in [0.25, 0.3) is 17.1 Å². The number of methoxy groups -OCH3 is 1. The van der Waals surface area contributed by atoms with Crippen molar-refractivity contribution in [2.75, 3.05) is 24.8 Å². The normalized spacial score (nSPS) is 10.7. The molecule has 3 aromatic carbocycles. The Bertz CT molecular complexity index is 1250. The van der Waals surface area contributed by atoms with Crippen molar-refractivity contribution < 1.29 is 14.3 Å². The molecule has 0 aliphatic rings. The van der Waals surface area contributed by atoms with Crippen LogP contribution in [0.5, 0.6) is 11.5 Å². The van der Waals surface area contributed by atoms with Crippen LogP contribution in [0.1, 0.15) is 12.5 Å². The van der Waals surface area contributed by atoms with Crippen molar-refractivity contribution in [3.05, 3.63) is 78.4 Å². The van der Waals surface area contributed by atoms with Crippen molar-refractivity contribution >= 4 is 23.4 Å². The topological polar surface area (TPSA) is 78.3 Å². The molecule has 0 unspecified atom stereocenters. The summed E-state index contributed by atoms with van der Waals surface area (Å²) in [7, 11) is 1.63. The van der Waals surface area contributed by atoms with Crippen LogP contribution >= 0.6 is 11.8 Å². The summed E-state index contributed by atoms with van der Waals surface area (Å²) in [5.41, 5.74) is 3.63. The maximum atomic E-state index is 12.6. The Balaban J connectivity index is 1.60. The molecule has 1 heterocycles. The van der Waals surface area contributed by atoms with Gasteiger partial charge in [0.1, 0.15) is 11.5 Å². The molecular weight excluding hydrogens is 448 g/mol. The van der Waals surface area contributed by atoms with Gasteiger partial charge in [-0.3, -0.25) is 9.36 Å². The van der Waals surface area contributed by atoms with Gasteiger partial charge in [0.05, 0.1) is 19.5 Å². The summed E-state index contributed by atoms with van der Waals surface area (Å²) in [4.78, 5) is 12.6. The highest BCUT2D eigenvalue weighted by Crippen LogP contribution is 2.30. The number of hydrogen-bond donors (Lipinski definition) is 1. The van der Waals surface area contributed by atoms with Gasteiger partial charge >= 0.3 is 0 Å². The van der Waals surface area contributed by atoms with E-state index in [-0.39, 0.29) is 11.7 Å². The molecule has 0 saturated heterocycles. The summed E-state index contributed by atoms with van der Waals surface area (Å²) in [6.45, 7) is 4.54. The van der Waals surface area contributed by atoms with Crippen LogP contribution in [0.15, 0.2) is 78.0 Å². The third-order valence-corrected chi connectivity index (χ3v) is 5.95. The molecule has 0 spiro atoms. The van der Waals surface area contributed by atoms with Crippen LogP contribution in [0.2, 0.25) is 0 Å². The zero-order valence-corrected chi connectivity index (χ0v) is 20.1. The number of hydrogen-bond acceptors (Lipinski definition) is 6. The number of thioether (sulfide) groups is 1. The van der Waals surface area contributed by atoms with Gasteiger partial charge in [0.15, 0.2) is 11.0 Å². The molecule has 1 N–H and O–H groups in total. The Morgan fingerprint density at radius 1 is 1.00 bits per heavy atom. The van der Waals surface area contributed by atoms with E-state index in [0.29, 0.717) is 17.6 Å². The van der Waals surface area contributed by atoms with Crippen LogP contribution in [-0.4, -0.2) is 40.1 Å². The third kappa shape index (κ3) is 5.58. The predicted octanol–water partition coefficient (Wildman–Crippen LogP) is 5.38. The summed E-state index contributed by atoms with van der Waals surface area (Å²) in [5, 5.41) is 12.4. The third-order valence-electron chi connectivity index (χ3n) is 5.02. The minimum Gasteiger partial charge on any atom is -0.497 e. The summed E-state index contributed by atoms with van der Waals surface area (Å²) >= 11 is 1.33. The van der Waals surface area contributed by atoms with Gasteiger partial charge in [-0.2, -0.15) is 0 Å². The Hall–Kier alpha value is -3.78. The largest absolute Gasteiger partial charge is 0.497 e. The van der Waals surface area contributed by atoms with Gasteiger partial charge in [0.2, 0.25) is 5.91 Å². The number of anilines is 1. The highest BCUT2D eigenvalue weighted by Gasteiger charge is 2.18. The Morgan fingerprint density at radius 3 is 2.41 bits per heavy atom. The number of nitrogens with one attached hydrogen (secondary N) is 1. The van der Waals surface area contributed by atoms with E-state index in [1.54, 1.807) is 7.11 Å². The summed E-state index contributed by atoms with van der Waals surface area (Å²) in [5.74, 6) is 2.32. The van der Waals surface area contributed by atoms with E-state index >= 15 is 0 Å². The molecule has 1 aromatic heterocycles. The summed E-state index contributed by atoms with van der Waals surface area (Å²) in [6.07, 6.45) is 0. The molecule has 1 amide bonds. The number of amides is 1. The molecule has 0 bridgehead atoms. The lowest BCUT2D eigenvalue weighted by Gasteiger charge is -2.12. The van der Waals surface area contributed by atoms with E-state index in [2.05, 4.69) is 15.5 Å². The summed E-state index contributed by atoms with van der Waals surface area (Å²) < 4.78 is 12.8. The number of ether oxygens (including phenoxy) is 2. The molecule has 4 aromatic rings. The van der Waals surface area contributed by atoms with E-state index in [1.807, 2.05) is 91.2 Å². The van der Waals surface area contributed by atoms with Gasteiger partial charge in [-0.25, -0.2) is 0 Å². The number of aryl methyl sites for hydroxylation is 1. The van der Waals surface area contributed by atoms with Crippen LogP contribution < -0.4 is 14.8 Å². The molecule has 4 rings (SSSR count). The van der Waals surface area contributed by atoms with Crippen molar-refractivity contribution in [2.24, 2.45) is 0 Å². The van der Waals surface area contributed by atoms with Crippen molar-refractivity contribution in [1.82, 2.24) is 14.8 Å². The molecule has 0 radical (unpaired) electrons. The first-order chi connectivity index (χ1) is 16.6. The van der Waals surface area contributed by atoms with Crippen LogP contribution in [0.4, 0.5) is 5.69 Å². The number of nitrogens with zero attached hydrogens (tertiary/aromatic N) is 3. The fourth-order valence-corrected chi connectivity index (χ4v) is 4.18. The van der Waals surface area contributed by atoms with Gasteiger partial charge in [-0.15, -0.1) is 10.2 Å². The second-order valence-corrected chi connectivity index (χ2v) is 8.45. The fraction of sp³-hybridized carbons (Fsp3) is 0.192. The quantitative estimate of drug-likeness (QED) is 0.328. The standard InChI is InChI=1S/C26H26N4O3S/c1-4-33-23-14-10-21(11-15-23)30-25(19-8-12-22(32-3)13-9-19)28-29-26(30)34-17-24(31)27-20-7-5-6-18(2)16-20/h5-16H,4,17H2,1-3H3,(H,27,31). The van der Waals surface area contributed by atoms with Crippen molar-refractivity contribution in [1.29, 1.82) is 0 Å². The minimum absolute atomic E-state index is 0.108. The monoisotopic (exact) mass is 474 g/mol. The zero-order chi connectivity index (χ0) is 23.9. The van der Waals surface area contributed by atoms with Crippen molar-refractivity contribution in [3.63, 3.8) is 0 Å². The van der Waals surface area contributed by atoms with Crippen LogP contribution in [0.3, 0.4) is 0 Å². The van der Waals surface area contributed by atoms with E-state index in [4.69, 9.17) is 9.47 Å². The lowest BCUT2D eigenvalue weighted by molar-refractivity contribution is -0.113. The fourth-order valence-electron chi connectivity index (χ4n) is 3.43. The Kier molecular flexibility index (Phi) is 7.49. The molecule has 0 fully saturated rings. The van der Waals surface area contributed by atoms with Gasteiger partial charge in [0, 0.05) is 16.9 Å². The molecule has 0 aliphatic heterocycles. The first-order valence-electron chi connectivity index (χ1n) is 10.9. The highest BCUT2D eigenvalue weighted by molar-refractivity contribution is 7.99. The number of aromatic nitrogens is 3. The maximum absolute atomic E-state index is 12.6. The van der Waals surface area contributed by atoms with Gasteiger partial charge in [0.25, 0.3) is 0 Å². The summed E-state index contributed by atoms with van der Waals surface area (Å²) in [6, 6.07) is 23.1. The lowest BCUT2D eigenvalue weighted by atomic mass is 10.2. The highest BCUT2D eigenvalue weighted by atomic mass is 32.2. The molecule has 174 valence electrons. The van der Waals surface area contributed by atoms with E-state index in [9.17, 15) is 4.79 Å². The first-order valence-corrected chi connectivity index (χ1v) is 11.9. The minimum atomic E-state index is -0.108. The second-order valence-electron chi connectivity index (χ2n) is 7.50. The maximum Gasteiger partial charge on any atom is 0.234 e. The lowest BCUT2D eigenvalue weighted by Crippen LogP contribution is -2.14. The van der Waals surface area contributed by atoms with E-state index in [1.165, 1.54) is 11.8 Å². The number of rotatable bonds is 9. The van der Waals surface area contributed by atoms with Crippen molar-refractivity contribution in [3.8, 4) is 28.6 Å². The van der Waals surface area contributed by atoms with Gasteiger partial charge in [-0.1, -0.05) is 23.9 Å². The molecule has 0 aliphatic carbocycles. The first kappa shape index (κ1) is 23.4. The second kappa shape index (κ2) is 10.9. The molecule has 0 atom stereocenters. The Labute approximate surface area is 203 Å². The molecule has 34 heavy (non-hydrogen) atoms. The number of benzene rings is 3. The number of carbonyl (C=O) groups excluding carboxylic acids is 1. The number of carbonyl (C=O) groups is 1. The molecule has 7 nitrogen and oxygen atoms in total. The molecule has 8 heteroatoms. The molecular formula is C26H26N4O3S. The predicted molar refractivity (Wildman–Crippen MR) is 135 cm³/mol. The van der Waals surface area contributed by atoms with E-state index < -0.39 is 0 Å². The Morgan fingerprint density at radius 2 is 1.74 bits per heavy atom. The van der Waals surface area contributed by atoms with Crippen LogP contribution in [-0.2, 0) is 4.79 Å². The smallest absolute Gasteiger partial charge is 0.234 e. The van der Waals surface area contributed by atoms with Gasteiger partial charge < -0.3 is 14.8 Å².